The number of rotatable bonds is 8. The minimum absolute atomic E-state index is 0.0805. The van der Waals surface area contributed by atoms with E-state index in [0.717, 1.165) is 36.5 Å². The van der Waals surface area contributed by atoms with Gasteiger partial charge in [-0.15, -0.1) is 0 Å². The van der Waals surface area contributed by atoms with Crippen LogP contribution in [-0.4, -0.2) is 22.3 Å². The maximum Gasteiger partial charge on any atom is 0.251 e. The molecular weight excluding hydrogens is 296 g/mol. The lowest BCUT2D eigenvalue weighted by Gasteiger charge is -2.06. The van der Waals surface area contributed by atoms with E-state index in [4.69, 9.17) is 4.74 Å². The van der Waals surface area contributed by atoms with Crippen LogP contribution in [0, 0.1) is 6.92 Å². The van der Waals surface area contributed by atoms with Crippen molar-refractivity contribution >= 4 is 11.8 Å². The highest BCUT2D eigenvalue weighted by atomic mass is 32.2. The number of hydrogen-bond acceptors (Lipinski definition) is 4. The van der Waals surface area contributed by atoms with Crippen LogP contribution < -0.4 is 10.3 Å². The van der Waals surface area contributed by atoms with Crippen molar-refractivity contribution in [1.29, 1.82) is 0 Å². The third-order valence-corrected chi connectivity index (χ3v) is 4.01. The predicted molar refractivity (Wildman–Crippen MR) is 90.9 cm³/mol. The summed E-state index contributed by atoms with van der Waals surface area (Å²) in [6.45, 7) is 4.76. The quantitative estimate of drug-likeness (QED) is 0.459. The molecule has 0 radical (unpaired) electrons. The van der Waals surface area contributed by atoms with Crippen LogP contribution >= 0.6 is 11.8 Å². The number of ether oxygens (including phenoxy) is 1. The topological polar surface area (TPSA) is 55.0 Å². The highest BCUT2D eigenvalue weighted by Gasteiger charge is 2.02. The number of nitrogens with one attached hydrogen (secondary N) is 1. The number of benzene rings is 1. The first-order valence-corrected chi connectivity index (χ1v) is 8.58. The van der Waals surface area contributed by atoms with Crippen LogP contribution in [-0.2, 0) is 6.42 Å². The van der Waals surface area contributed by atoms with E-state index in [1.165, 1.54) is 17.3 Å². The van der Waals surface area contributed by atoms with E-state index < -0.39 is 0 Å². The normalized spacial score (nSPS) is 10.6. The van der Waals surface area contributed by atoms with Crippen LogP contribution in [0.1, 0.15) is 31.0 Å². The minimum atomic E-state index is -0.0805. The van der Waals surface area contributed by atoms with Crippen molar-refractivity contribution in [3.05, 3.63) is 51.9 Å². The molecule has 22 heavy (non-hydrogen) atoms. The zero-order chi connectivity index (χ0) is 15.8. The Balaban J connectivity index is 1.82. The highest BCUT2D eigenvalue weighted by molar-refractivity contribution is 7.99. The molecule has 0 spiro atoms. The molecule has 4 nitrogen and oxygen atoms in total. The lowest BCUT2D eigenvalue weighted by molar-refractivity contribution is 0.344. The molecule has 0 unspecified atom stereocenters. The third-order valence-electron chi connectivity index (χ3n) is 3.17. The zero-order valence-corrected chi connectivity index (χ0v) is 13.9. The van der Waals surface area contributed by atoms with Gasteiger partial charge in [-0.3, -0.25) is 4.79 Å². The van der Waals surface area contributed by atoms with Gasteiger partial charge in [0.1, 0.15) is 5.75 Å². The number of hydrogen-bond donors (Lipinski definition) is 1. The minimum Gasteiger partial charge on any atom is -0.493 e. The van der Waals surface area contributed by atoms with Crippen molar-refractivity contribution in [3.8, 4) is 5.75 Å². The van der Waals surface area contributed by atoms with E-state index in [0.29, 0.717) is 11.8 Å². The SMILES string of the molecule is CCCCc1cc(=O)[nH]c(SCCOc2ccc(C)cc2)n1. The Labute approximate surface area is 135 Å². The highest BCUT2D eigenvalue weighted by Crippen LogP contribution is 2.15. The predicted octanol–water partition coefficient (Wildman–Crippen LogP) is 3.59. The Kier molecular flexibility index (Phi) is 6.52. The van der Waals surface area contributed by atoms with Gasteiger partial charge < -0.3 is 9.72 Å². The van der Waals surface area contributed by atoms with E-state index in [1.54, 1.807) is 6.07 Å². The number of unbranched alkanes of at least 4 members (excludes halogenated alkanes) is 1. The average molecular weight is 318 g/mol. The molecule has 1 heterocycles. The summed E-state index contributed by atoms with van der Waals surface area (Å²) >= 11 is 1.51. The summed E-state index contributed by atoms with van der Waals surface area (Å²) in [5.74, 6) is 1.61. The summed E-state index contributed by atoms with van der Waals surface area (Å²) in [4.78, 5) is 18.9. The zero-order valence-electron chi connectivity index (χ0n) is 13.1. The Bertz CT molecular complexity index is 638. The van der Waals surface area contributed by atoms with Crippen LogP contribution in [0.15, 0.2) is 40.3 Å². The summed E-state index contributed by atoms with van der Waals surface area (Å²) in [5.41, 5.74) is 2.00. The lowest BCUT2D eigenvalue weighted by atomic mass is 10.2. The van der Waals surface area contributed by atoms with Gasteiger partial charge in [0.15, 0.2) is 5.16 Å². The first kappa shape index (κ1) is 16.6. The fourth-order valence-electron chi connectivity index (χ4n) is 1.97. The van der Waals surface area contributed by atoms with Crippen LogP contribution in [0.3, 0.4) is 0 Å². The molecule has 118 valence electrons. The number of H-pyrrole nitrogens is 1. The fourth-order valence-corrected chi connectivity index (χ4v) is 2.68. The van der Waals surface area contributed by atoms with Crippen molar-refractivity contribution in [2.45, 2.75) is 38.3 Å². The Morgan fingerprint density at radius 1 is 1.27 bits per heavy atom. The number of aromatic amines is 1. The molecule has 0 aliphatic rings. The van der Waals surface area contributed by atoms with Gasteiger partial charge in [-0.1, -0.05) is 42.8 Å². The van der Waals surface area contributed by atoms with Crippen LogP contribution in [0.25, 0.3) is 0 Å². The van der Waals surface area contributed by atoms with Crippen molar-refractivity contribution in [2.24, 2.45) is 0 Å². The Hall–Kier alpha value is -1.75. The second kappa shape index (κ2) is 8.63. The lowest BCUT2D eigenvalue weighted by Crippen LogP contribution is -2.11. The molecule has 1 N–H and O–H groups in total. The molecule has 0 bridgehead atoms. The molecule has 1 aromatic heterocycles. The molecule has 0 aliphatic heterocycles. The van der Waals surface area contributed by atoms with E-state index >= 15 is 0 Å². The van der Waals surface area contributed by atoms with Crippen molar-refractivity contribution in [3.63, 3.8) is 0 Å². The molecule has 0 saturated carbocycles. The Morgan fingerprint density at radius 3 is 2.77 bits per heavy atom. The number of nitrogens with zero attached hydrogens (tertiary/aromatic N) is 1. The number of aryl methyl sites for hydroxylation is 2. The van der Waals surface area contributed by atoms with Gasteiger partial charge in [0.2, 0.25) is 0 Å². The van der Waals surface area contributed by atoms with Gasteiger partial charge in [-0.25, -0.2) is 4.98 Å². The molecule has 1 aromatic carbocycles. The summed E-state index contributed by atoms with van der Waals surface area (Å²) in [7, 11) is 0. The summed E-state index contributed by atoms with van der Waals surface area (Å²) < 4.78 is 5.67. The summed E-state index contributed by atoms with van der Waals surface area (Å²) in [6.07, 6.45) is 3.01. The summed E-state index contributed by atoms with van der Waals surface area (Å²) in [6, 6.07) is 9.57. The first-order valence-electron chi connectivity index (χ1n) is 7.60. The Morgan fingerprint density at radius 2 is 2.05 bits per heavy atom. The van der Waals surface area contributed by atoms with Crippen LogP contribution in [0.4, 0.5) is 0 Å². The smallest absolute Gasteiger partial charge is 0.251 e. The molecule has 0 fully saturated rings. The monoisotopic (exact) mass is 318 g/mol. The van der Waals surface area contributed by atoms with Gasteiger partial charge in [0.25, 0.3) is 5.56 Å². The average Bonchev–Trinajstić information content (AvgIpc) is 2.51. The van der Waals surface area contributed by atoms with Gasteiger partial charge in [0, 0.05) is 17.5 Å². The van der Waals surface area contributed by atoms with Crippen molar-refractivity contribution in [2.75, 3.05) is 12.4 Å². The first-order chi connectivity index (χ1) is 10.7. The third kappa shape index (κ3) is 5.56. The molecule has 5 heteroatoms. The molecule has 0 amide bonds. The second-order valence-electron chi connectivity index (χ2n) is 5.16. The summed E-state index contributed by atoms with van der Waals surface area (Å²) in [5, 5.41) is 0.672. The number of thioether (sulfide) groups is 1. The van der Waals surface area contributed by atoms with Gasteiger partial charge in [-0.05, 0) is 31.9 Å². The van der Waals surface area contributed by atoms with Crippen LogP contribution in [0.2, 0.25) is 0 Å². The molecular formula is C17H22N2O2S. The largest absolute Gasteiger partial charge is 0.493 e. The van der Waals surface area contributed by atoms with Crippen LogP contribution in [0.5, 0.6) is 5.75 Å². The van der Waals surface area contributed by atoms with Crippen molar-refractivity contribution in [1.82, 2.24) is 9.97 Å². The fraction of sp³-hybridized carbons (Fsp3) is 0.412. The van der Waals surface area contributed by atoms with Gasteiger partial charge in [-0.2, -0.15) is 0 Å². The van der Waals surface area contributed by atoms with E-state index in [-0.39, 0.29) is 5.56 Å². The van der Waals surface area contributed by atoms with E-state index in [2.05, 4.69) is 16.9 Å². The molecule has 0 saturated heterocycles. The maximum absolute atomic E-state index is 11.6. The molecule has 0 aliphatic carbocycles. The molecule has 2 rings (SSSR count). The van der Waals surface area contributed by atoms with Gasteiger partial charge in [0.05, 0.1) is 6.61 Å². The molecule has 0 atom stereocenters. The second-order valence-corrected chi connectivity index (χ2v) is 6.24. The standard InChI is InChI=1S/C17H22N2O2S/c1-3-4-5-14-12-16(20)19-17(18-14)22-11-10-21-15-8-6-13(2)7-9-15/h6-9,12H,3-5,10-11H2,1-2H3,(H,18,19,20). The van der Waals surface area contributed by atoms with E-state index in [9.17, 15) is 4.79 Å². The van der Waals surface area contributed by atoms with Gasteiger partial charge >= 0.3 is 0 Å². The maximum atomic E-state index is 11.6. The van der Waals surface area contributed by atoms with E-state index in [1.807, 2.05) is 31.2 Å². The molecule has 2 aromatic rings. The van der Waals surface area contributed by atoms with Crippen molar-refractivity contribution < 1.29 is 4.74 Å². The number of aromatic nitrogens is 2.